The van der Waals surface area contributed by atoms with Crippen molar-refractivity contribution >= 4 is 11.5 Å². The largest absolute Gasteiger partial charge is 0.364 e. The summed E-state index contributed by atoms with van der Waals surface area (Å²) >= 11 is 0. The second-order valence-corrected chi connectivity index (χ2v) is 6.99. The minimum absolute atomic E-state index is 0.0427. The zero-order valence-electron chi connectivity index (χ0n) is 15.4. The molecule has 0 spiro atoms. The van der Waals surface area contributed by atoms with Gasteiger partial charge in [-0.25, -0.2) is 18.7 Å². The fraction of sp³-hybridized carbons (Fsp3) is 0.263. The number of rotatable bonds is 4. The number of nitrogens with one attached hydrogen (secondary N) is 3. The van der Waals surface area contributed by atoms with Gasteiger partial charge in [-0.3, -0.25) is 9.50 Å². The van der Waals surface area contributed by atoms with Crippen LogP contribution in [0.3, 0.4) is 0 Å². The molecule has 8 nitrogen and oxygen atoms in total. The summed E-state index contributed by atoms with van der Waals surface area (Å²) in [4.78, 5) is 8.61. The molecule has 0 aromatic carbocycles. The fourth-order valence-corrected chi connectivity index (χ4v) is 3.58. The van der Waals surface area contributed by atoms with Gasteiger partial charge in [0.1, 0.15) is 11.3 Å². The molecule has 0 aliphatic carbocycles. The summed E-state index contributed by atoms with van der Waals surface area (Å²) in [5, 5.41) is 16.6. The van der Waals surface area contributed by atoms with Crippen LogP contribution < -0.4 is 10.6 Å². The SMILES string of the molecule is Fc1cc(F)c(-c2cnc3cc(-c4cnn[nH]4)ccn23)nc1N[C@H]1CCCNC1. The van der Waals surface area contributed by atoms with Crippen LogP contribution in [0.25, 0.3) is 28.3 Å². The van der Waals surface area contributed by atoms with Crippen molar-refractivity contribution in [3.63, 3.8) is 0 Å². The predicted molar refractivity (Wildman–Crippen MR) is 103 cm³/mol. The van der Waals surface area contributed by atoms with Crippen LogP contribution in [0.15, 0.2) is 36.8 Å². The number of piperidine rings is 1. The number of anilines is 1. The van der Waals surface area contributed by atoms with Crippen LogP contribution in [0.5, 0.6) is 0 Å². The first-order valence-corrected chi connectivity index (χ1v) is 9.36. The normalized spacial score (nSPS) is 17.0. The number of imidazole rings is 1. The Morgan fingerprint density at radius 3 is 2.90 bits per heavy atom. The summed E-state index contributed by atoms with van der Waals surface area (Å²) in [7, 11) is 0. The standard InChI is InChI=1S/C19H18F2N8/c20-13-7-14(21)19(25-12-2-1-4-22-8-12)26-18(13)16-10-23-17-6-11(3-5-29(16)17)15-9-24-28-27-15/h3,5-7,9-10,12,22H,1-2,4,8H2,(H,25,26)(H,24,27,28)/t12-/m0/s1. The lowest BCUT2D eigenvalue weighted by Crippen LogP contribution is -2.38. The lowest BCUT2D eigenvalue weighted by Gasteiger charge is -2.24. The van der Waals surface area contributed by atoms with E-state index in [2.05, 4.69) is 36.0 Å². The molecule has 1 saturated heterocycles. The Labute approximate surface area is 164 Å². The first-order chi connectivity index (χ1) is 14.2. The van der Waals surface area contributed by atoms with Crippen LogP contribution in [-0.2, 0) is 0 Å². The van der Waals surface area contributed by atoms with E-state index in [1.807, 2.05) is 12.1 Å². The van der Waals surface area contributed by atoms with Gasteiger partial charge in [-0.15, -0.1) is 5.10 Å². The van der Waals surface area contributed by atoms with E-state index in [0.29, 0.717) is 17.9 Å². The summed E-state index contributed by atoms with van der Waals surface area (Å²) in [6.07, 6.45) is 6.79. The molecule has 1 aliphatic rings. The lowest BCUT2D eigenvalue weighted by atomic mass is 10.1. The van der Waals surface area contributed by atoms with Crippen LogP contribution in [0, 0.1) is 11.6 Å². The number of nitrogens with zero attached hydrogens (tertiary/aromatic N) is 5. The molecule has 5 heterocycles. The molecule has 3 N–H and O–H groups in total. The Morgan fingerprint density at radius 2 is 2.10 bits per heavy atom. The van der Waals surface area contributed by atoms with Crippen molar-refractivity contribution in [2.24, 2.45) is 0 Å². The van der Waals surface area contributed by atoms with Crippen molar-refractivity contribution in [2.75, 3.05) is 18.4 Å². The molecular formula is C19H18F2N8. The number of hydrogen-bond donors (Lipinski definition) is 3. The van der Waals surface area contributed by atoms with Crippen LogP contribution in [0.2, 0.25) is 0 Å². The van der Waals surface area contributed by atoms with E-state index in [1.165, 1.54) is 6.20 Å². The maximum absolute atomic E-state index is 14.6. The molecule has 1 atom stereocenters. The van der Waals surface area contributed by atoms with E-state index < -0.39 is 11.6 Å². The number of halogens is 2. The zero-order valence-corrected chi connectivity index (χ0v) is 15.4. The molecule has 1 aliphatic heterocycles. The van der Waals surface area contributed by atoms with Crippen LogP contribution >= 0.6 is 0 Å². The highest BCUT2D eigenvalue weighted by Gasteiger charge is 2.20. The summed E-state index contributed by atoms with van der Waals surface area (Å²) in [6.45, 7) is 1.66. The Balaban J connectivity index is 1.52. The summed E-state index contributed by atoms with van der Waals surface area (Å²) in [5.41, 5.74) is 2.68. The smallest absolute Gasteiger partial charge is 0.168 e. The second kappa shape index (κ2) is 7.21. The molecule has 5 rings (SSSR count). The molecule has 0 unspecified atom stereocenters. The van der Waals surface area contributed by atoms with E-state index in [-0.39, 0.29) is 17.6 Å². The predicted octanol–water partition coefficient (Wildman–Crippen LogP) is 2.62. The third-order valence-corrected chi connectivity index (χ3v) is 5.05. The number of H-pyrrole nitrogens is 1. The first kappa shape index (κ1) is 17.7. The Morgan fingerprint density at radius 1 is 1.17 bits per heavy atom. The molecule has 0 saturated carbocycles. The van der Waals surface area contributed by atoms with E-state index >= 15 is 0 Å². The number of pyridine rings is 2. The quantitative estimate of drug-likeness (QED) is 0.491. The highest BCUT2D eigenvalue weighted by molar-refractivity contribution is 5.68. The Kier molecular flexibility index (Phi) is 4.39. The molecule has 1 fully saturated rings. The van der Waals surface area contributed by atoms with Crippen molar-refractivity contribution < 1.29 is 8.78 Å². The lowest BCUT2D eigenvalue weighted by molar-refractivity contribution is 0.475. The molecule has 0 radical (unpaired) electrons. The molecule has 0 amide bonds. The van der Waals surface area contributed by atoms with Gasteiger partial charge in [0, 0.05) is 30.4 Å². The van der Waals surface area contributed by atoms with Gasteiger partial charge in [0.05, 0.1) is 23.8 Å². The molecular weight excluding hydrogens is 378 g/mol. The summed E-state index contributed by atoms with van der Waals surface area (Å²) < 4.78 is 30.6. The maximum Gasteiger partial charge on any atom is 0.168 e. The van der Waals surface area contributed by atoms with E-state index in [9.17, 15) is 8.78 Å². The number of aromatic nitrogens is 6. The molecule has 4 aromatic heterocycles. The van der Waals surface area contributed by atoms with Gasteiger partial charge in [-0.2, -0.15) is 0 Å². The van der Waals surface area contributed by atoms with Crippen LogP contribution in [-0.4, -0.2) is 48.9 Å². The first-order valence-electron chi connectivity index (χ1n) is 9.36. The third-order valence-electron chi connectivity index (χ3n) is 5.05. The van der Waals surface area contributed by atoms with Crippen molar-refractivity contribution in [3.05, 3.63) is 48.4 Å². The van der Waals surface area contributed by atoms with Crippen LogP contribution in [0.4, 0.5) is 14.6 Å². The highest BCUT2D eigenvalue weighted by Crippen LogP contribution is 2.27. The Bertz CT molecular complexity index is 1150. The summed E-state index contributed by atoms with van der Waals surface area (Å²) in [5.74, 6) is -1.40. The molecule has 10 heteroatoms. The van der Waals surface area contributed by atoms with Gasteiger partial charge in [0.15, 0.2) is 17.5 Å². The molecule has 29 heavy (non-hydrogen) atoms. The number of hydrogen-bond acceptors (Lipinski definition) is 6. The monoisotopic (exact) mass is 396 g/mol. The fourth-order valence-electron chi connectivity index (χ4n) is 3.58. The van der Waals surface area contributed by atoms with Crippen molar-refractivity contribution in [3.8, 4) is 22.6 Å². The number of aromatic amines is 1. The van der Waals surface area contributed by atoms with Gasteiger partial charge in [0.2, 0.25) is 0 Å². The minimum atomic E-state index is -0.738. The zero-order chi connectivity index (χ0) is 19.8. The van der Waals surface area contributed by atoms with E-state index in [1.54, 1.807) is 16.8 Å². The van der Waals surface area contributed by atoms with Gasteiger partial charge in [-0.1, -0.05) is 5.21 Å². The summed E-state index contributed by atoms with van der Waals surface area (Å²) in [6, 6.07) is 4.58. The second-order valence-electron chi connectivity index (χ2n) is 6.99. The van der Waals surface area contributed by atoms with Crippen molar-refractivity contribution in [2.45, 2.75) is 18.9 Å². The average Bonchev–Trinajstić information content (AvgIpc) is 3.40. The van der Waals surface area contributed by atoms with Crippen molar-refractivity contribution in [1.29, 1.82) is 0 Å². The molecule has 4 aromatic rings. The average molecular weight is 396 g/mol. The van der Waals surface area contributed by atoms with Crippen molar-refractivity contribution in [1.82, 2.24) is 35.1 Å². The Hall–Kier alpha value is -3.40. The minimum Gasteiger partial charge on any atom is -0.364 e. The highest BCUT2D eigenvalue weighted by atomic mass is 19.1. The van der Waals surface area contributed by atoms with E-state index in [4.69, 9.17) is 0 Å². The van der Waals surface area contributed by atoms with Crippen LogP contribution in [0.1, 0.15) is 12.8 Å². The topological polar surface area (TPSA) is 95.8 Å². The van der Waals surface area contributed by atoms with Gasteiger partial charge < -0.3 is 10.6 Å². The maximum atomic E-state index is 14.6. The van der Waals surface area contributed by atoms with Gasteiger partial charge in [-0.05, 0) is 31.5 Å². The van der Waals surface area contributed by atoms with Gasteiger partial charge in [0.25, 0.3) is 0 Å². The number of fused-ring (bicyclic) bond motifs is 1. The van der Waals surface area contributed by atoms with Gasteiger partial charge >= 0.3 is 0 Å². The third kappa shape index (κ3) is 3.31. The van der Waals surface area contributed by atoms with E-state index in [0.717, 1.165) is 36.7 Å². The molecule has 0 bridgehead atoms. The molecule has 148 valence electrons.